The first-order valence-corrected chi connectivity index (χ1v) is 13.9. The standard InChI is InChI=1S/C30H37N3O7/c1-14(2)17-11-16(13-33-8-6-5-7-9-33)24(34)21-18(17)10-15-12-19-23(32(3)4)26(36)22(29(31)39)28(38)30(19,40)27(37)20(15)25(21)35/h5-6,11,14-15,19-20,22-23,34,40H,7-10,12-13H2,1-4H3,(H2,31,39)/t15-,19-,20?,22?,23-,30-/m0/s1. The quantitative estimate of drug-likeness (QED) is 0.355. The molecule has 1 aromatic carbocycles. The fraction of sp³-hybridized carbons (Fsp3) is 0.567. The fourth-order valence-electron chi connectivity index (χ4n) is 7.47. The first kappa shape index (κ1) is 28.3. The van der Waals surface area contributed by atoms with Gasteiger partial charge in [0.2, 0.25) is 5.91 Å². The summed E-state index contributed by atoms with van der Waals surface area (Å²) in [5.41, 5.74) is 4.91. The molecular formula is C30H37N3O7. The zero-order valence-corrected chi connectivity index (χ0v) is 23.3. The summed E-state index contributed by atoms with van der Waals surface area (Å²) in [4.78, 5) is 70.7. The topological polar surface area (TPSA) is 158 Å². The predicted octanol–water partition coefficient (Wildman–Crippen LogP) is 0.752. The second kappa shape index (κ2) is 10.0. The van der Waals surface area contributed by atoms with E-state index in [9.17, 15) is 34.2 Å². The first-order chi connectivity index (χ1) is 18.8. The van der Waals surface area contributed by atoms with Crippen molar-refractivity contribution in [3.05, 3.63) is 40.5 Å². The van der Waals surface area contributed by atoms with Crippen LogP contribution in [-0.4, -0.2) is 87.9 Å². The van der Waals surface area contributed by atoms with E-state index < -0.39 is 64.4 Å². The third-order valence-corrected chi connectivity index (χ3v) is 9.33. The molecule has 1 aromatic rings. The maximum Gasteiger partial charge on any atom is 0.235 e. The highest BCUT2D eigenvalue weighted by Gasteiger charge is 2.69. The summed E-state index contributed by atoms with van der Waals surface area (Å²) < 4.78 is 0. The lowest BCUT2D eigenvalue weighted by Gasteiger charge is -2.52. The number of amides is 1. The Balaban J connectivity index is 1.62. The Kier molecular flexibility index (Phi) is 7.09. The number of aromatic hydroxyl groups is 1. The molecule has 0 radical (unpaired) electrons. The molecule has 1 aliphatic heterocycles. The molecule has 6 atom stereocenters. The number of hydrogen-bond acceptors (Lipinski definition) is 9. The van der Waals surface area contributed by atoms with Crippen molar-refractivity contribution in [3.63, 3.8) is 0 Å². The molecule has 4 aliphatic rings. The summed E-state index contributed by atoms with van der Waals surface area (Å²) in [5, 5.41) is 23.2. The van der Waals surface area contributed by atoms with Gasteiger partial charge in [-0.15, -0.1) is 0 Å². The number of carbonyl (C=O) groups is 5. The molecule has 4 N–H and O–H groups in total. The average molecular weight is 552 g/mol. The average Bonchev–Trinajstić information content (AvgIpc) is 2.87. The van der Waals surface area contributed by atoms with E-state index in [0.717, 1.165) is 18.5 Å². The van der Waals surface area contributed by atoms with Crippen LogP contribution in [0, 0.1) is 23.7 Å². The minimum Gasteiger partial charge on any atom is -0.507 e. The van der Waals surface area contributed by atoms with Gasteiger partial charge >= 0.3 is 0 Å². The van der Waals surface area contributed by atoms with Gasteiger partial charge in [0.15, 0.2) is 34.7 Å². The number of aliphatic hydroxyl groups is 1. The molecule has 10 nitrogen and oxygen atoms in total. The van der Waals surface area contributed by atoms with Crippen molar-refractivity contribution in [3.8, 4) is 5.75 Å². The molecule has 3 aliphatic carbocycles. The lowest BCUT2D eigenvalue weighted by atomic mass is 9.52. The number of phenols is 1. The number of hydrogen-bond donors (Lipinski definition) is 3. The van der Waals surface area contributed by atoms with Crippen LogP contribution in [0.1, 0.15) is 59.7 Å². The molecule has 0 spiro atoms. The zero-order valence-electron chi connectivity index (χ0n) is 23.3. The number of likely N-dealkylation sites (N-methyl/N-ethyl adjacent to an activating group) is 1. The van der Waals surface area contributed by atoms with Gasteiger partial charge in [-0.05, 0) is 56.3 Å². The molecule has 2 fully saturated rings. The van der Waals surface area contributed by atoms with Gasteiger partial charge < -0.3 is 15.9 Å². The van der Waals surface area contributed by atoms with E-state index in [1.807, 2.05) is 19.9 Å². The SMILES string of the molecule is CC(C)c1cc(CN2CC=CCC2)c(O)c2c1C[C@H]1C[C@H]3[C@H](N(C)C)C(=O)C(C(N)=O)C(=O)[C@@]3(O)C(=O)C1C2=O. The summed E-state index contributed by atoms with van der Waals surface area (Å²) in [6, 6.07) is 0.833. The van der Waals surface area contributed by atoms with Crippen LogP contribution in [0.5, 0.6) is 5.75 Å². The van der Waals surface area contributed by atoms with Crippen molar-refractivity contribution in [1.82, 2.24) is 9.80 Å². The molecular weight excluding hydrogens is 514 g/mol. The number of Topliss-reactive ketones (excluding diaryl/α,β-unsaturated/α-hetero) is 4. The van der Waals surface area contributed by atoms with Crippen LogP contribution in [-0.2, 0) is 32.1 Å². The van der Waals surface area contributed by atoms with Gasteiger partial charge in [0.1, 0.15) is 5.75 Å². The van der Waals surface area contributed by atoms with E-state index in [1.165, 1.54) is 4.90 Å². The van der Waals surface area contributed by atoms with Crippen molar-refractivity contribution >= 4 is 29.0 Å². The number of benzene rings is 1. The van der Waals surface area contributed by atoms with Crippen molar-refractivity contribution < 1.29 is 34.2 Å². The van der Waals surface area contributed by atoms with E-state index >= 15 is 0 Å². The van der Waals surface area contributed by atoms with Crippen LogP contribution in [0.2, 0.25) is 0 Å². The Morgan fingerprint density at radius 1 is 1.18 bits per heavy atom. The minimum atomic E-state index is -2.72. The van der Waals surface area contributed by atoms with Gasteiger partial charge in [-0.25, -0.2) is 0 Å². The van der Waals surface area contributed by atoms with E-state index in [0.29, 0.717) is 24.2 Å². The lowest BCUT2D eigenvalue weighted by Crippen LogP contribution is -2.74. The fourth-order valence-corrected chi connectivity index (χ4v) is 7.47. The molecule has 214 valence electrons. The number of nitrogens with zero attached hydrogens (tertiary/aromatic N) is 2. The Morgan fingerprint density at radius 2 is 1.88 bits per heavy atom. The summed E-state index contributed by atoms with van der Waals surface area (Å²) in [6.45, 7) is 5.96. The van der Waals surface area contributed by atoms with Crippen molar-refractivity contribution in [1.29, 1.82) is 0 Å². The Labute approximate surface area is 233 Å². The molecule has 0 aromatic heterocycles. The van der Waals surface area contributed by atoms with Crippen LogP contribution in [0.4, 0.5) is 0 Å². The van der Waals surface area contributed by atoms with E-state index in [4.69, 9.17) is 5.73 Å². The van der Waals surface area contributed by atoms with Crippen molar-refractivity contribution in [2.24, 2.45) is 29.4 Å². The number of fused-ring (bicyclic) bond motifs is 3. The van der Waals surface area contributed by atoms with Gasteiger partial charge in [0.25, 0.3) is 0 Å². The maximum absolute atomic E-state index is 14.1. The Morgan fingerprint density at radius 3 is 2.45 bits per heavy atom. The van der Waals surface area contributed by atoms with Crippen LogP contribution in [0.3, 0.4) is 0 Å². The van der Waals surface area contributed by atoms with Gasteiger partial charge in [0.05, 0.1) is 17.5 Å². The largest absolute Gasteiger partial charge is 0.507 e. The number of ketones is 4. The molecule has 5 rings (SSSR count). The van der Waals surface area contributed by atoms with Gasteiger partial charge in [0, 0.05) is 31.1 Å². The molecule has 2 unspecified atom stereocenters. The second-order valence-corrected chi connectivity index (χ2v) is 12.3. The Hall–Kier alpha value is -3.21. The number of rotatable bonds is 5. The number of phenolic OH excluding ortho intramolecular Hbond substituents is 1. The maximum atomic E-state index is 14.1. The lowest BCUT2D eigenvalue weighted by molar-refractivity contribution is -0.181. The second-order valence-electron chi connectivity index (χ2n) is 12.3. The minimum absolute atomic E-state index is 0.0265. The van der Waals surface area contributed by atoms with Gasteiger partial charge in [-0.3, -0.25) is 33.8 Å². The predicted molar refractivity (Wildman–Crippen MR) is 144 cm³/mol. The zero-order chi connectivity index (χ0) is 29.3. The van der Waals surface area contributed by atoms with Gasteiger partial charge in [-0.1, -0.05) is 32.1 Å². The van der Waals surface area contributed by atoms with Crippen molar-refractivity contribution in [2.45, 2.75) is 57.2 Å². The first-order valence-electron chi connectivity index (χ1n) is 13.9. The summed E-state index contributed by atoms with van der Waals surface area (Å²) in [7, 11) is 3.15. The molecule has 2 saturated carbocycles. The number of primary amides is 1. The normalized spacial score (nSPS) is 32.3. The number of carbonyl (C=O) groups excluding carboxylic acids is 5. The summed E-state index contributed by atoms with van der Waals surface area (Å²) >= 11 is 0. The third-order valence-electron chi connectivity index (χ3n) is 9.33. The smallest absolute Gasteiger partial charge is 0.235 e. The highest BCUT2D eigenvalue weighted by atomic mass is 16.3. The van der Waals surface area contributed by atoms with Crippen molar-refractivity contribution in [2.75, 3.05) is 27.2 Å². The Bertz CT molecular complexity index is 1350. The third kappa shape index (κ3) is 4.07. The molecule has 10 heteroatoms. The van der Waals surface area contributed by atoms with Crippen LogP contribution in [0.25, 0.3) is 0 Å². The molecule has 40 heavy (non-hydrogen) atoms. The van der Waals surface area contributed by atoms with Gasteiger partial charge in [-0.2, -0.15) is 0 Å². The van der Waals surface area contributed by atoms with E-state index in [2.05, 4.69) is 17.1 Å². The summed E-state index contributed by atoms with van der Waals surface area (Å²) in [6.07, 6.45) is 5.37. The molecule has 0 saturated heterocycles. The van der Waals surface area contributed by atoms with Crippen LogP contribution < -0.4 is 5.73 Å². The summed E-state index contributed by atoms with van der Waals surface area (Å²) in [5.74, 6) is -10.1. The monoisotopic (exact) mass is 551 g/mol. The van der Waals surface area contributed by atoms with E-state index in [-0.39, 0.29) is 30.1 Å². The van der Waals surface area contributed by atoms with Crippen LogP contribution >= 0.6 is 0 Å². The number of nitrogens with two attached hydrogens (primary N) is 1. The molecule has 1 heterocycles. The molecule has 0 bridgehead atoms. The van der Waals surface area contributed by atoms with E-state index in [1.54, 1.807) is 14.1 Å². The highest BCUT2D eigenvalue weighted by Crippen LogP contribution is 2.52. The highest BCUT2D eigenvalue weighted by molar-refractivity contribution is 6.32. The molecule has 1 amide bonds. The van der Waals surface area contributed by atoms with Crippen LogP contribution in [0.15, 0.2) is 18.2 Å².